The number of hydrogen-bond acceptors (Lipinski definition) is 8. The number of nitro groups is 1. The third-order valence-electron chi connectivity index (χ3n) is 3.08. The van der Waals surface area contributed by atoms with Gasteiger partial charge in [-0.3, -0.25) is 0 Å². The summed E-state index contributed by atoms with van der Waals surface area (Å²) in [5.74, 6) is 0.257. The maximum Gasteiger partial charge on any atom is 0.342 e. The van der Waals surface area contributed by atoms with E-state index in [2.05, 4.69) is 41.3 Å². The van der Waals surface area contributed by atoms with Crippen molar-refractivity contribution in [3.63, 3.8) is 0 Å². The Kier molecular flexibility index (Phi) is 4.71. The molecule has 0 amide bonds. The van der Waals surface area contributed by atoms with Gasteiger partial charge in [-0.25, -0.2) is 9.55 Å². The standard InChI is InChI=1S/C13H10BrN7O2S/c1-20-10(21(22)23)7-15-11(20)12-17-19-13(24-12)18-16-6-8-2-4-9(14)5-3-8/h2-5,7H,6H2,1H3. The fourth-order valence-electron chi connectivity index (χ4n) is 1.88. The molecule has 0 atom stereocenters. The smallest absolute Gasteiger partial charge is 0.342 e. The van der Waals surface area contributed by atoms with Crippen molar-refractivity contribution in [2.45, 2.75) is 6.54 Å². The molecule has 122 valence electrons. The summed E-state index contributed by atoms with van der Waals surface area (Å²) in [6.07, 6.45) is 1.19. The Bertz CT molecular complexity index is 903. The van der Waals surface area contributed by atoms with Crippen molar-refractivity contribution >= 4 is 38.2 Å². The highest BCUT2D eigenvalue weighted by atomic mass is 79.9. The molecule has 24 heavy (non-hydrogen) atoms. The monoisotopic (exact) mass is 407 g/mol. The van der Waals surface area contributed by atoms with Crippen molar-refractivity contribution in [2.24, 2.45) is 17.3 Å². The lowest BCUT2D eigenvalue weighted by atomic mass is 10.2. The van der Waals surface area contributed by atoms with E-state index >= 15 is 0 Å². The van der Waals surface area contributed by atoms with Crippen LogP contribution in [0.2, 0.25) is 0 Å². The number of rotatable bonds is 5. The van der Waals surface area contributed by atoms with Gasteiger partial charge in [0.05, 0.1) is 13.6 Å². The number of azo groups is 1. The summed E-state index contributed by atoms with van der Waals surface area (Å²) in [6, 6.07) is 7.76. The highest BCUT2D eigenvalue weighted by Crippen LogP contribution is 2.29. The third-order valence-corrected chi connectivity index (χ3v) is 4.41. The van der Waals surface area contributed by atoms with Crippen LogP contribution < -0.4 is 0 Å². The first-order valence-corrected chi connectivity index (χ1v) is 8.27. The zero-order valence-corrected chi connectivity index (χ0v) is 14.7. The van der Waals surface area contributed by atoms with Gasteiger partial charge in [0.25, 0.3) is 11.0 Å². The Morgan fingerprint density at radius 2 is 2.08 bits per heavy atom. The molecule has 2 aromatic heterocycles. The fourth-order valence-corrected chi connectivity index (χ4v) is 2.86. The van der Waals surface area contributed by atoms with E-state index in [1.807, 2.05) is 24.3 Å². The van der Waals surface area contributed by atoms with Crippen LogP contribution in [-0.2, 0) is 13.6 Å². The van der Waals surface area contributed by atoms with Gasteiger partial charge in [0.1, 0.15) is 6.20 Å². The lowest BCUT2D eigenvalue weighted by Gasteiger charge is -1.94. The quantitative estimate of drug-likeness (QED) is 0.361. The largest absolute Gasteiger partial charge is 0.358 e. The molecule has 0 saturated heterocycles. The maximum atomic E-state index is 10.8. The Morgan fingerprint density at radius 1 is 1.33 bits per heavy atom. The molecular weight excluding hydrogens is 398 g/mol. The summed E-state index contributed by atoms with van der Waals surface area (Å²) in [5.41, 5.74) is 1.02. The molecule has 11 heteroatoms. The summed E-state index contributed by atoms with van der Waals surface area (Å²) in [5, 5.41) is 27.6. The Morgan fingerprint density at radius 3 is 2.75 bits per heavy atom. The summed E-state index contributed by atoms with van der Waals surface area (Å²) in [4.78, 5) is 14.3. The highest BCUT2D eigenvalue weighted by molar-refractivity contribution is 9.10. The van der Waals surface area contributed by atoms with Crippen LogP contribution in [0, 0.1) is 10.1 Å². The molecule has 1 aromatic carbocycles. The molecule has 3 rings (SSSR count). The molecule has 3 aromatic rings. The van der Waals surface area contributed by atoms with Gasteiger partial charge < -0.3 is 10.1 Å². The van der Waals surface area contributed by atoms with Crippen LogP contribution in [0.4, 0.5) is 10.9 Å². The highest BCUT2D eigenvalue weighted by Gasteiger charge is 2.21. The first-order chi connectivity index (χ1) is 11.5. The van der Waals surface area contributed by atoms with E-state index in [1.165, 1.54) is 22.1 Å². The predicted molar refractivity (Wildman–Crippen MR) is 91.1 cm³/mol. The number of nitrogens with zero attached hydrogens (tertiary/aromatic N) is 7. The van der Waals surface area contributed by atoms with Gasteiger partial charge in [0.15, 0.2) is 0 Å². The number of aromatic nitrogens is 4. The Balaban J connectivity index is 1.72. The molecular formula is C13H10BrN7O2S. The molecule has 0 bridgehead atoms. The van der Waals surface area contributed by atoms with Crippen molar-refractivity contribution < 1.29 is 4.92 Å². The average molecular weight is 408 g/mol. The van der Waals surface area contributed by atoms with Crippen molar-refractivity contribution in [3.05, 3.63) is 50.6 Å². The van der Waals surface area contributed by atoms with Gasteiger partial charge in [-0.2, -0.15) is 5.11 Å². The first kappa shape index (κ1) is 16.3. The van der Waals surface area contributed by atoms with Crippen molar-refractivity contribution in [2.75, 3.05) is 0 Å². The number of hydrogen-bond donors (Lipinski definition) is 0. The van der Waals surface area contributed by atoms with E-state index < -0.39 is 4.92 Å². The minimum atomic E-state index is -0.504. The van der Waals surface area contributed by atoms with Gasteiger partial charge in [-0.05, 0) is 22.6 Å². The lowest BCUT2D eigenvalue weighted by molar-refractivity contribution is -0.391. The predicted octanol–water partition coefficient (Wildman–Crippen LogP) is 3.89. The summed E-state index contributed by atoms with van der Waals surface area (Å²) < 4.78 is 2.35. The van der Waals surface area contributed by atoms with Crippen LogP contribution in [0.15, 0.2) is 45.2 Å². The summed E-state index contributed by atoms with van der Waals surface area (Å²) >= 11 is 4.54. The van der Waals surface area contributed by atoms with Crippen LogP contribution in [0.1, 0.15) is 5.56 Å². The second-order valence-electron chi connectivity index (χ2n) is 4.67. The van der Waals surface area contributed by atoms with Gasteiger partial charge in [-0.15, -0.1) is 15.3 Å². The number of imidazole rings is 1. The molecule has 0 spiro atoms. The zero-order valence-electron chi connectivity index (χ0n) is 12.3. The van der Waals surface area contributed by atoms with Crippen molar-refractivity contribution in [3.8, 4) is 10.8 Å². The second kappa shape index (κ2) is 6.93. The van der Waals surface area contributed by atoms with Crippen molar-refractivity contribution in [1.29, 1.82) is 0 Å². The Labute approximate surface area is 148 Å². The topological polar surface area (TPSA) is 111 Å². The molecule has 0 N–H and O–H groups in total. The first-order valence-electron chi connectivity index (χ1n) is 6.66. The zero-order chi connectivity index (χ0) is 17.1. The molecule has 2 heterocycles. The van der Waals surface area contributed by atoms with E-state index in [0.717, 1.165) is 10.0 Å². The van der Waals surface area contributed by atoms with Crippen molar-refractivity contribution in [1.82, 2.24) is 19.7 Å². The number of halogens is 1. The van der Waals surface area contributed by atoms with Crippen LogP contribution in [-0.4, -0.2) is 24.7 Å². The van der Waals surface area contributed by atoms with E-state index in [9.17, 15) is 10.1 Å². The average Bonchev–Trinajstić information content (AvgIpc) is 3.15. The minimum Gasteiger partial charge on any atom is -0.358 e. The van der Waals surface area contributed by atoms with Gasteiger partial charge in [0.2, 0.25) is 5.01 Å². The molecule has 0 aliphatic carbocycles. The van der Waals surface area contributed by atoms with Gasteiger partial charge in [0, 0.05) is 4.47 Å². The van der Waals surface area contributed by atoms with Crippen LogP contribution in [0.3, 0.4) is 0 Å². The number of benzene rings is 1. The van der Waals surface area contributed by atoms with E-state index in [0.29, 0.717) is 22.5 Å². The lowest BCUT2D eigenvalue weighted by Crippen LogP contribution is -1.98. The van der Waals surface area contributed by atoms with Crippen LogP contribution >= 0.6 is 27.3 Å². The summed E-state index contributed by atoms with van der Waals surface area (Å²) in [6.45, 7) is 0.427. The maximum absolute atomic E-state index is 10.8. The molecule has 0 saturated carbocycles. The van der Waals surface area contributed by atoms with Crippen LogP contribution in [0.5, 0.6) is 0 Å². The van der Waals surface area contributed by atoms with E-state index in [4.69, 9.17) is 0 Å². The third kappa shape index (κ3) is 3.51. The van der Waals surface area contributed by atoms with Gasteiger partial charge in [-0.1, -0.05) is 39.4 Å². The summed E-state index contributed by atoms with van der Waals surface area (Å²) in [7, 11) is 1.55. The molecule has 0 radical (unpaired) electrons. The normalized spacial score (nSPS) is 11.2. The molecule has 0 aliphatic rings. The SMILES string of the molecule is Cn1c([N+](=O)[O-])cnc1-c1nnc(N=NCc2ccc(Br)cc2)s1. The molecule has 0 unspecified atom stereocenters. The second-order valence-corrected chi connectivity index (χ2v) is 6.54. The molecule has 0 fully saturated rings. The minimum absolute atomic E-state index is 0.112. The van der Waals surface area contributed by atoms with E-state index in [-0.39, 0.29) is 5.82 Å². The van der Waals surface area contributed by atoms with Gasteiger partial charge >= 0.3 is 5.82 Å². The fraction of sp³-hybridized carbons (Fsp3) is 0.154. The van der Waals surface area contributed by atoms with Crippen LogP contribution in [0.25, 0.3) is 10.8 Å². The molecule has 0 aliphatic heterocycles. The Hall–Kier alpha value is -2.53. The van der Waals surface area contributed by atoms with E-state index in [1.54, 1.807) is 7.05 Å². The molecule has 9 nitrogen and oxygen atoms in total.